The Morgan fingerprint density at radius 2 is 2.09 bits per heavy atom. The number of aromatic nitrogens is 1. The van der Waals surface area contributed by atoms with E-state index >= 15 is 0 Å². The number of thioether (sulfide) groups is 1. The van der Waals surface area contributed by atoms with Crippen molar-refractivity contribution in [2.45, 2.75) is 17.5 Å². The first-order chi connectivity index (χ1) is 10.9. The number of fused-ring (bicyclic) bond motifs is 1. The number of carbonyl (C=O) groups excluding carboxylic acids is 1. The molecule has 0 radical (unpaired) electrons. The number of rotatable bonds is 4. The third kappa shape index (κ3) is 3.84. The van der Waals surface area contributed by atoms with Crippen molar-refractivity contribution < 1.29 is 13.2 Å². The Morgan fingerprint density at radius 3 is 2.83 bits per heavy atom. The number of hydrogen-bond acceptors (Lipinski definition) is 5. The van der Waals surface area contributed by atoms with Crippen molar-refractivity contribution in [3.63, 3.8) is 0 Å². The van der Waals surface area contributed by atoms with Gasteiger partial charge in [-0.2, -0.15) is 0 Å². The zero-order chi connectivity index (χ0) is 16.4. The quantitative estimate of drug-likeness (QED) is 0.789. The van der Waals surface area contributed by atoms with Crippen LogP contribution in [0.1, 0.15) is 6.42 Å². The van der Waals surface area contributed by atoms with E-state index < -0.39 is 9.84 Å². The molecule has 0 N–H and O–H groups in total. The molecule has 0 bridgehead atoms. The lowest BCUT2D eigenvalue weighted by atomic mass is 10.2. The molecule has 0 aliphatic carbocycles. The highest BCUT2D eigenvalue weighted by Gasteiger charge is 2.32. The summed E-state index contributed by atoms with van der Waals surface area (Å²) in [5.74, 6) is 0.452. The molecular weight excluding hydrogens is 332 g/mol. The van der Waals surface area contributed by atoms with Crippen molar-refractivity contribution in [2.75, 3.05) is 24.3 Å². The van der Waals surface area contributed by atoms with Gasteiger partial charge in [0, 0.05) is 18.5 Å². The van der Waals surface area contributed by atoms with Crippen LogP contribution in [0.5, 0.6) is 0 Å². The van der Waals surface area contributed by atoms with Gasteiger partial charge in [0.05, 0.1) is 27.8 Å². The Labute approximate surface area is 140 Å². The summed E-state index contributed by atoms with van der Waals surface area (Å²) in [6.45, 7) is 0. The average Bonchev–Trinajstić information content (AvgIpc) is 2.91. The molecule has 0 spiro atoms. The van der Waals surface area contributed by atoms with Gasteiger partial charge >= 0.3 is 0 Å². The Balaban J connectivity index is 1.61. The van der Waals surface area contributed by atoms with Crippen molar-refractivity contribution >= 4 is 38.4 Å². The maximum Gasteiger partial charge on any atom is 0.233 e. The summed E-state index contributed by atoms with van der Waals surface area (Å²) in [5.41, 5.74) is 0.903. The first-order valence-electron chi connectivity index (χ1n) is 7.39. The normalized spacial score (nSPS) is 19.8. The van der Waals surface area contributed by atoms with Crippen LogP contribution in [0, 0.1) is 0 Å². The minimum Gasteiger partial charge on any atom is -0.341 e. The predicted molar refractivity (Wildman–Crippen MR) is 92.3 cm³/mol. The molecule has 1 saturated heterocycles. The molecule has 1 aromatic heterocycles. The number of sulfone groups is 1. The largest absolute Gasteiger partial charge is 0.341 e. The molecule has 1 unspecified atom stereocenters. The van der Waals surface area contributed by atoms with Crippen LogP contribution < -0.4 is 0 Å². The molecule has 5 nitrogen and oxygen atoms in total. The number of carbonyl (C=O) groups is 1. The molecule has 1 aliphatic heterocycles. The molecule has 23 heavy (non-hydrogen) atoms. The van der Waals surface area contributed by atoms with Crippen molar-refractivity contribution in [1.29, 1.82) is 0 Å². The van der Waals surface area contributed by atoms with Gasteiger partial charge in [-0.05, 0) is 18.6 Å². The van der Waals surface area contributed by atoms with E-state index in [0.29, 0.717) is 6.42 Å². The van der Waals surface area contributed by atoms with E-state index in [2.05, 4.69) is 4.98 Å². The molecule has 2 heterocycles. The van der Waals surface area contributed by atoms with E-state index in [1.165, 1.54) is 11.8 Å². The second-order valence-corrected chi connectivity index (χ2v) is 8.92. The summed E-state index contributed by atoms with van der Waals surface area (Å²) in [7, 11) is -1.30. The van der Waals surface area contributed by atoms with Crippen LogP contribution in [0.3, 0.4) is 0 Å². The van der Waals surface area contributed by atoms with E-state index in [9.17, 15) is 13.2 Å². The number of hydrogen-bond donors (Lipinski definition) is 0. The third-order valence-corrected chi connectivity index (χ3v) is 6.73. The van der Waals surface area contributed by atoms with Crippen LogP contribution in [-0.4, -0.2) is 54.6 Å². The molecule has 1 atom stereocenters. The van der Waals surface area contributed by atoms with Gasteiger partial charge in [0.25, 0.3) is 0 Å². The van der Waals surface area contributed by atoms with Crippen molar-refractivity contribution in [2.24, 2.45) is 0 Å². The van der Waals surface area contributed by atoms with Crippen LogP contribution in [0.25, 0.3) is 10.9 Å². The van der Waals surface area contributed by atoms with E-state index in [1.54, 1.807) is 11.9 Å². The van der Waals surface area contributed by atoms with E-state index in [-0.39, 0.29) is 29.2 Å². The molecule has 1 amide bonds. The molecular formula is C16H18N2O3S2. The van der Waals surface area contributed by atoms with Crippen molar-refractivity contribution in [3.8, 4) is 0 Å². The summed E-state index contributed by atoms with van der Waals surface area (Å²) >= 11 is 1.38. The fraction of sp³-hybridized carbons (Fsp3) is 0.375. The highest BCUT2D eigenvalue weighted by molar-refractivity contribution is 7.99. The molecule has 0 saturated carbocycles. The number of benzene rings is 1. The van der Waals surface area contributed by atoms with Gasteiger partial charge in [-0.25, -0.2) is 13.4 Å². The van der Waals surface area contributed by atoms with Gasteiger partial charge < -0.3 is 4.90 Å². The smallest absolute Gasteiger partial charge is 0.233 e. The zero-order valence-corrected chi connectivity index (χ0v) is 14.4. The van der Waals surface area contributed by atoms with Crippen LogP contribution in [0.4, 0.5) is 0 Å². The maximum atomic E-state index is 12.3. The number of amides is 1. The topological polar surface area (TPSA) is 67.3 Å². The Bertz CT molecular complexity index is 836. The number of pyridine rings is 1. The fourth-order valence-corrected chi connectivity index (χ4v) is 5.23. The lowest BCUT2D eigenvalue weighted by Gasteiger charge is -2.23. The molecule has 1 aromatic carbocycles. The molecule has 122 valence electrons. The summed E-state index contributed by atoms with van der Waals surface area (Å²) in [6.07, 6.45) is 0.531. The standard InChI is InChI=1S/C16H18N2O3S2/c1-18(13-8-9-23(20,21)11-13)16(19)10-22-15-7-6-12-4-2-3-5-14(12)17-15/h2-7,13H,8-11H2,1H3. The van der Waals surface area contributed by atoms with Crippen LogP contribution in [0.15, 0.2) is 41.4 Å². The van der Waals surface area contributed by atoms with Gasteiger partial charge in [-0.15, -0.1) is 0 Å². The van der Waals surface area contributed by atoms with E-state index in [4.69, 9.17) is 0 Å². The molecule has 7 heteroatoms. The van der Waals surface area contributed by atoms with Crippen molar-refractivity contribution in [1.82, 2.24) is 9.88 Å². The second-order valence-electron chi connectivity index (χ2n) is 5.69. The Hall–Kier alpha value is -1.60. The Kier molecular flexibility index (Phi) is 4.59. The first-order valence-corrected chi connectivity index (χ1v) is 10.2. The van der Waals surface area contributed by atoms with Gasteiger partial charge in [0.1, 0.15) is 0 Å². The first kappa shape index (κ1) is 16.3. The van der Waals surface area contributed by atoms with Gasteiger partial charge in [-0.1, -0.05) is 36.0 Å². The Morgan fingerprint density at radius 1 is 1.30 bits per heavy atom. The minimum atomic E-state index is -2.98. The summed E-state index contributed by atoms with van der Waals surface area (Å²) in [5, 5.41) is 1.86. The van der Waals surface area contributed by atoms with Crippen molar-refractivity contribution in [3.05, 3.63) is 36.4 Å². The molecule has 1 aliphatic rings. The van der Waals surface area contributed by atoms with E-state index in [1.807, 2.05) is 36.4 Å². The number of para-hydroxylation sites is 1. The summed E-state index contributed by atoms with van der Waals surface area (Å²) < 4.78 is 23.0. The average molecular weight is 350 g/mol. The van der Waals surface area contributed by atoms with Gasteiger partial charge in [-0.3, -0.25) is 4.79 Å². The molecule has 2 aromatic rings. The minimum absolute atomic E-state index is 0.0629. The summed E-state index contributed by atoms with van der Waals surface area (Å²) in [6, 6.07) is 11.5. The molecule has 1 fully saturated rings. The monoisotopic (exact) mass is 350 g/mol. The van der Waals surface area contributed by atoms with Gasteiger partial charge in [0.15, 0.2) is 9.84 Å². The van der Waals surface area contributed by atoms with Crippen LogP contribution >= 0.6 is 11.8 Å². The SMILES string of the molecule is CN(C(=O)CSc1ccc2ccccc2n1)C1CCS(=O)(=O)C1. The zero-order valence-electron chi connectivity index (χ0n) is 12.8. The van der Waals surface area contributed by atoms with Crippen LogP contribution in [0.2, 0.25) is 0 Å². The lowest BCUT2D eigenvalue weighted by molar-refractivity contribution is -0.128. The predicted octanol–water partition coefficient (Wildman–Crippen LogP) is 1.97. The van der Waals surface area contributed by atoms with Gasteiger partial charge in [0.2, 0.25) is 5.91 Å². The maximum absolute atomic E-state index is 12.3. The summed E-state index contributed by atoms with van der Waals surface area (Å²) in [4.78, 5) is 18.4. The fourth-order valence-electron chi connectivity index (χ4n) is 2.65. The highest BCUT2D eigenvalue weighted by atomic mass is 32.2. The van der Waals surface area contributed by atoms with E-state index in [0.717, 1.165) is 15.9 Å². The number of nitrogens with zero attached hydrogens (tertiary/aromatic N) is 2. The highest BCUT2D eigenvalue weighted by Crippen LogP contribution is 2.22. The second kappa shape index (κ2) is 6.49. The lowest BCUT2D eigenvalue weighted by Crippen LogP contribution is -2.38. The molecule has 3 rings (SSSR count). The van der Waals surface area contributed by atoms with Crippen LogP contribution in [-0.2, 0) is 14.6 Å². The third-order valence-electron chi connectivity index (χ3n) is 4.07.